The average Bonchev–Trinajstić information content (AvgIpc) is 2.72. The lowest BCUT2D eigenvalue weighted by atomic mass is 9.71. The first kappa shape index (κ1) is 13.5. The van der Waals surface area contributed by atoms with Gasteiger partial charge in [-0.25, -0.2) is 13.2 Å². The second-order valence-electron chi connectivity index (χ2n) is 6.80. The summed E-state index contributed by atoms with van der Waals surface area (Å²) in [5, 5.41) is 0.229. The number of hydrogen-bond donors (Lipinski definition) is 1. The normalized spacial score (nSPS) is 19.4. The number of fused-ring (bicyclic) bond motifs is 3. The molecule has 20 heavy (non-hydrogen) atoms. The molecule has 1 aromatic carbocycles. The predicted molar refractivity (Wildman–Crippen MR) is 73.1 cm³/mol. The first-order valence-electron chi connectivity index (χ1n) is 6.96. The minimum Gasteiger partial charge on any atom is -0.358 e. The van der Waals surface area contributed by atoms with Crippen LogP contribution in [0.4, 0.5) is 13.2 Å². The molecule has 1 aromatic heterocycles. The molecule has 0 radical (unpaired) electrons. The quantitative estimate of drug-likeness (QED) is 0.671. The summed E-state index contributed by atoms with van der Waals surface area (Å²) in [6, 6.07) is 1.05. The van der Waals surface area contributed by atoms with Crippen molar-refractivity contribution in [2.75, 3.05) is 0 Å². The summed E-state index contributed by atoms with van der Waals surface area (Å²) in [7, 11) is 0. The lowest BCUT2D eigenvalue weighted by Crippen LogP contribution is -2.26. The zero-order valence-electron chi connectivity index (χ0n) is 11.9. The minimum atomic E-state index is -1.38. The third-order valence-corrected chi connectivity index (χ3v) is 4.53. The van der Waals surface area contributed by atoms with Crippen molar-refractivity contribution < 1.29 is 13.2 Å². The van der Waals surface area contributed by atoms with Gasteiger partial charge in [-0.05, 0) is 36.2 Å². The molecular weight excluding hydrogens is 263 g/mol. The van der Waals surface area contributed by atoms with E-state index in [1.807, 2.05) is 0 Å². The van der Waals surface area contributed by atoms with E-state index in [-0.39, 0.29) is 10.8 Å². The molecule has 0 fully saturated rings. The zero-order valence-corrected chi connectivity index (χ0v) is 11.9. The molecule has 0 bridgehead atoms. The molecule has 4 heteroatoms. The van der Waals surface area contributed by atoms with Crippen LogP contribution in [-0.2, 0) is 12.8 Å². The molecule has 3 rings (SSSR count). The third-order valence-electron chi connectivity index (χ3n) is 4.53. The van der Waals surface area contributed by atoms with E-state index in [0.717, 1.165) is 30.2 Å². The third kappa shape index (κ3) is 1.93. The predicted octanol–water partition coefficient (Wildman–Crippen LogP) is 4.74. The van der Waals surface area contributed by atoms with Gasteiger partial charge in [0.2, 0.25) is 0 Å². The van der Waals surface area contributed by atoms with Gasteiger partial charge >= 0.3 is 0 Å². The van der Waals surface area contributed by atoms with Crippen molar-refractivity contribution in [3.8, 4) is 0 Å². The zero-order chi connectivity index (χ0) is 14.7. The fourth-order valence-corrected chi connectivity index (χ4v) is 3.22. The van der Waals surface area contributed by atoms with Gasteiger partial charge in [0, 0.05) is 17.1 Å². The SMILES string of the molecule is CC(C)(C)C1CCc2[nH]c3cc(F)c(F)c(F)c3c2C1. The lowest BCUT2D eigenvalue weighted by Gasteiger charge is -2.34. The molecule has 0 amide bonds. The van der Waals surface area contributed by atoms with Gasteiger partial charge in [-0.2, -0.15) is 0 Å². The summed E-state index contributed by atoms with van der Waals surface area (Å²) >= 11 is 0. The minimum absolute atomic E-state index is 0.121. The summed E-state index contributed by atoms with van der Waals surface area (Å²) in [6.07, 6.45) is 2.52. The second-order valence-corrected chi connectivity index (χ2v) is 6.80. The van der Waals surface area contributed by atoms with Gasteiger partial charge in [0.15, 0.2) is 17.5 Å². The van der Waals surface area contributed by atoms with Crippen molar-refractivity contribution in [2.45, 2.75) is 40.0 Å². The maximum atomic E-state index is 14.1. The van der Waals surface area contributed by atoms with Crippen molar-refractivity contribution in [3.63, 3.8) is 0 Å². The van der Waals surface area contributed by atoms with Gasteiger partial charge in [0.1, 0.15) is 0 Å². The number of nitrogens with one attached hydrogen (secondary N) is 1. The Morgan fingerprint density at radius 1 is 1.15 bits per heavy atom. The molecule has 2 aromatic rings. The average molecular weight is 281 g/mol. The molecule has 0 saturated carbocycles. The van der Waals surface area contributed by atoms with E-state index >= 15 is 0 Å². The number of aryl methyl sites for hydroxylation is 1. The Kier molecular flexibility index (Phi) is 2.89. The van der Waals surface area contributed by atoms with Crippen LogP contribution in [0.1, 0.15) is 38.4 Å². The van der Waals surface area contributed by atoms with Gasteiger partial charge in [0.25, 0.3) is 0 Å². The molecule has 1 N–H and O–H groups in total. The first-order chi connectivity index (χ1) is 9.29. The molecular formula is C16H18F3N. The second kappa shape index (κ2) is 4.27. The highest BCUT2D eigenvalue weighted by Crippen LogP contribution is 2.40. The van der Waals surface area contributed by atoms with Crippen LogP contribution in [0.25, 0.3) is 10.9 Å². The molecule has 1 unspecified atom stereocenters. The van der Waals surface area contributed by atoms with Gasteiger partial charge in [-0.15, -0.1) is 0 Å². The monoisotopic (exact) mass is 281 g/mol. The Morgan fingerprint density at radius 2 is 1.85 bits per heavy atom. The molecule has 1 atom stereocenters. The van der Waals surface area contributed by atoms with E-state index in [0.29, 0.717) is 17.9 Å². The Bertz CT molecular complexity index is 679. The van der Waals surface area contributed by atoms with Crippen LogP contribution in [0.5, 0.6) is 0 Å². The number of hydrogen-bond acceptors (Lipinski definition) is 0. The highest BCUT2D eigenvalue weighted by Gasteiger charge is 2.32. The van der Waals surface area contributed by atoms with Crippen LogP contribution in [-0.4, -0.2) is 4.98 Å². The van der Waals surface area contributed by atoms with Gasteiger partial charge < -0.3 is 4.98 Å². The van der Waals surface area contributed by atoms with Crippen molar-refractivity contribution >= 4 is 10.9 Å². The van der Waals surface area contributed by atoms with E-state index < -0.39 is 17.5 Å². The van der Waals surface area contributed by atoms with E-state index in [1.54, 1.807) is 0 Å². The van der Waals surface area contributed by atoms with E-state index in [4.69, 9.17) is 0 Å². The van der Waals surface area contributed by atoms with Gasteiger partial charge in [0.05, 0.1) is 5.52 Å². The summed E-state index contributed by atoms with van der Waals surface area (Å²) in [4.78, 5) is 3.05. The Hall–Kier alpha value is -1.45. The van der Waals surface area contributed by atoms with Crippen LogP contribution in [0.3, 0.4) is 0 Å². The van der Waals surface area contributed by atoms with E-state index in [9.17, 15) is 13.2 Å². The van der Waals surface area contributed by atoms with Crippen LogP contribution in [0.2, 0.25) is 0 Å². The summed E-state index contributed by atoms with van der Waals surface area (Å²) in [6.45, 7) is 6.48. The summed E-state index contributed by atoms with van der Waals surface area (Å²) in [5.41, 5.74) is 2.23. The van der Waals surface area contributed by atoms with Gasteiger partial charge in [-0.1, -0.05) is 20.8 Å². The van der Waals surface area contributed by atoms with Crippen LogP contribution < -0.4 is 0 Å². The van der Waals surface area contributed by atoms with Crippen molar-refractivity contribution in [3.05, 3.63) is 34.8 Å². The van der Waals surface area contributed by atoms with Crippen LogP contribution in [0.15, 0.2) is 6.07 Å². The largest absolute Gasteiger partial charge is 0.358 e. The molecule has 0 saturated heterocycles. The number of rotatable bonds is 0. The number of halogens is 3. The lowest BCUT2D eigenvalue weighted by molar-refractivity contribution is 0.216. The van der Waals surface area contributed by atoms with Gasteiger partial charge in [-0.3, -0.25) is 0 Å². The Labute approximate surface area is 116 Å². The smallest absolute Gasteiger partial charge is 0.195 e. The fraction of sp³-hybridized carbons (Fsp3) is 0.500. The molecule has 108 valence electrons. The Balaban J connectivity index is 2.18. The molecule has 0 spiro atoms. The molecule has 1 aliphatic rings. The van der Waals surface area contributed by atoms with Crippen molar-refractivity contribution in [2.24, 2.45) is 11.3 Å². The number of H-pyrrole nitrogens is 1. The molecule has 0 aliphatic heterocycles. The van der Waals surface area contributed by atoms with Crippen LogP contribution >= 0.6 is 0 Å². The highest BCUT2D eigenvalue weighted by atomic mass is 19.2. The van der Waals surface area contributed by atoms with Crippen molar-refractivity contribution in [1.82, 2.24) is 4.98 Å². The first-order valence-corrected chi connectivity index (χ1v) is 6.96. The maximum absolute atomic E-state index is 14.1. The maximum Gasteiger partial charge on any atom is 0.195 e. The van der Waals surface area contributed by atoms with E-state index in [2.05, 4.69) is 25.8 Å². The highest BCUT2D eigenvalue weighted by molar-refractivity contribution is 5.85. The molecule has 1 nitrogen and oxygen atoms in total. The standard InChI is InChI=1S/C16H18F3N/c1-16(2,3)8-4-5-11-9(6-8)13-12(20-11)7-10(17)14(18)15(13)19/h7-8,20H,4-6H2,1-3H3. The summed E-state index contributed by atoms with van der Waals surface area (Å²) < 4.78 is 40.8. The molecule has 1 heterocycles. The summed E-state index contributed by atoms with van der Waals surface area (Å²) in [5.74, 6) is -3.16. The number of aromatic amines is 1. The van der Waals surface area contributed by atoms with Crippen LogP contribution in [0, 0.1) is 28.8 Å². The fourth-order valence-electron chi connectivity index (χ4n) is 3.22. The number of aromatic nitrogens is 1. The van der Waals surface area contributed by atoms with E-state index in [1.165, 1.54) is 0 Å². The number of benzene rings is 1. The molecule has 1 aliphatic carbocycles. The van der Waals surface area contributed by atoms with Crippen molar-refractivity contribution in [1.29, 1.82) is 0 Å². The topological polar surface area (TPSA) is 15.8 Å². The Morgan fingerprint density at radius 3 is 2.50 bits per heavy atom.